The molecule has 0 unspecified atom stereocenters. The molecule has 5 aromatic rings. The van der Waals surface area contributed by atoms with Crippen LogP contribution in [-0.2, 0) is 0 Å². The number of thiophene rings is 1. The molecule has 0 N–H and O–H groups in total. The van der Waals surface area contributed by atoms with Crippen LogP contribution in [0.2, 0.25) is 0 Å². The SMILES string of the molecule is COc1ccc(-n2c(C)cc(C(=O)COc3ncnc4scc(-c5ccc(C)cc5)c34)c2C)cc1. The first-order valence-corrected chi connectivity index (χ1v) is 12.1. The molecule has 0 aliphatic rings. The Morgan fingerprint density at radius 3 is 2.46 bits per heavy atom. The second-order valence-electron chi connectivity index (χ2n) is 8.40. The van der Waals surface area contributed by atoms with E-state index >= 15 is 0 Å². The third kappa shape index (κ3) is 4.31. The first kappa shape index (κ1) is 22.8. The third-order valence-corrected chi connectivity index (χ3v) is 6.99. The van der Waals surface area contributed by atoms with Gasteiger partial charge in [0.15, 0.2) is 6.61 Å². The molecule has 7 heteroatoms. The van der Waals surface area contributed by atoms with Crippen molar-refractivity contribution >= 4 is 27.3 Å². The highest BCUT2D eigenvalue weighted by molar-refractivity contribution is 7.17. The van der Waals surface area contributed by atoms with Crippen molar-refractivity contribution < 1.29 is 14.3 Å². The quantitative estimate of drug-likeness (QED) is 0.253. The number of carbonyl (C=O) groups excluding carboxylic acids is 1. The van der Waals surface area contributed by atoms with Gasteiger partial charge in [-0.1, -0.05) is 29.8 Å². The fraction of sp³-hybridized carbons (Fsp3) is 0.179. The van der Waals surface area contributed by atoms with E-state index in [0.29, 0.717) is 11.4 Å². The summed E-state index contributed by atoms with van der Waals surface area (Å²) >= 11 is 1.54. The number of carbonyl (C=O) groups is 1. The zero-order valence-electron chi connectivity index (χ0n) is 20.0. The maximum atomic E-state index is 13.2. The van der Waals surface area contributed by atoms with Crippen LogP contribution in [0, 0.1) is 20.8 Å². The van der Waals surface area contributed by atoms with E-state index in [-0.39, 0.29) is 12.4 Å². The number of aromatic nitrogens is 3. The summed E-state index contributed by atoms with van der Waals surface area (Å²) in [4.78, 5) is 22.8. The van der Waals surface area contributed by atoms with Gasteiger partial charge in [0.2, 0.25) is 11.7 Å². The lowest BCUT2D eigenvalue weighted by Gasteiger charge is -2.11. The average molecular weight is 484 g/mol. The highest BCUT2D eigenvalue weighted by Crippen LogP contribution is 2.37. The van der Waals surface area contributed by atoms with Gasteiger partial charge in [-0.15, -0.1) is 11.3 Å². The molecule has 0 aliphatic carbocycles. The summed E-state index contributed by atoms with van der Waals surface area (Å²) in [6.45, 7) is 5.89. The Morgan fingerprint density at radius 2 is 1.74 bits per heavy atom. The van der Waals surface area contributed by atoms with E-state index in [4.69, 9.17) is 9.47 Å². The van der Waals surface area contributed by atoms with Gasteiger partial charge in [0.1, 0.15) is 16.9 Å². The number of fused-ring (bicyclic) bond motifs is 1. The number of hydrogen-bond acceptors (Lipinski definition) is 6. The van der Waals surface area contributed by atoms with Gasteiger partial charge in [-0.3, -0.25) is 4.79 Å². The van der Waals surface area contributed by atoms with E-state index in [1.807, 2.05) is 44.2 Å². The van der Waals surface area contributed by atoms with Crippen molar-refractivity contribution in [2.75, 3.05) is 13.7 Å². The van der Waals surface area contributed by atoms with Crippen molar-refractivity contribution in [2.45, 2.75) is 20.8 Å². The maximum Gasteiger partial charge on any atom is 0.226 e. The van der Waals surface area contributed by atoms with Crippen LogP contribution in [0.3, 0.4) is 0 Å². The molecule has 0 saturated carbocycles. The zero-order chi connectivity index (χ0) is 24.5. The highest BCUT2D eigenvalue weighted by atomic mass is 32.1. The molecule has 0 amide bonds. The summed E-state index contributed by atoms with van der Waals surface area (Å²) in [7, 11) is 1.64. The molecule has 0 fully saturated rings. The Kier molecular flexibility index (Phi) is 6.09. The van der Waals surface area contributed by atoms with Crippen LogP contribution < -0.4 is 9.47 Å². The smallest absolute Gasteiger partial charge is 0.226 e. The summed E-state index contributed by atoms with van der Waals surface area (Å²) in [5.74, 6) is 1.11. The minimum Gasteiger partial charge on any atom is -0.497 e. The largest absolute Gasteiger partial charge is 0.497 e. The molecular weight excluding hydrogens is 458 g/mol. The molecule has 3 aromatic heterocycles. The number of methoxy groups -OCH3 is 1. The van der Waals surface area contributed by atoms with Crippen molar-refractivity contribution in [1.29, 1.82) is 0 Å². The van der Waals surface area contributed by atoms with Gasteiger partial charge in [0, 0.05) is 33.6 Å². The van der Waals surface area contributed by atoms with Gasteiger partial charge in [-0.2, -0.15) is 0 Å². The first-order valence-electron chi connectivity index (χ1n) is 11.2. The van der Waals surface area contributed by atoms with E-state index in [1.165, 1.54) is 23.2 Å². The summed E-state index contributed by atoms with van der Waals surface area (Å²) in [6.07, 6.45) is 1.48. The zero-order valence-corrected chi connectivity index (χ0v) is 20.8. The predicted octanol–water partition coefficient (Wildman–Crippen LogP) is 6.34. The molecule has 0 spiro atoms. The molecule has 3 heterocycles. The van der Waals surface area contributed by atoms with Crippen molar-refractivity contribution in [2.24, 2.45) is 0 Å². The fourth-order valence-corrected chi connectivity index (χ4v) is 5.19. The Balaban J connectivity index is 1.41. The summed E-state index contributed by atoms with van der Waals surface area (Å²) < 4.78 is 13.3. The number of ketones is 1. The number of nitrogens with zero attached hydrogens (tertiary/aromatic N) is 3. The van der Waals surface area contributed by atoms with E-state index in [1.54, 1.807) is 7.11 Å². The van der Waals surface area contributed by atoms with Crippen LogP contribution in [0.1, 0.15) is 27.3 Å². The van der Waals surface area contributed by atoms with E-state index in [9.17, 15) is 4.79 Å². The summed E-state index contributed by atoms with van der Waals surface area (Å²) in [5, 5.41) is 2.89. The van der Waals surface area contributed by atoms with Gasteiger partial charge in [0.05, 0.1) is 12.5 Å². The standard InChI is InChI=1S/C28H25N3O3S/c1-17-5-7-20(8-6-17)24-15-35-28-26(24)27(29-16-30-28)34-14-25(32)23-13-18(2)31(19(23)3)21-9-11-22(33-4)12-10-21/h5-13,15-16H,14H2,1-4H3. The van der Waals surface area contributed by atoms with Gasteiger partial charge in [-0.25, -0.2) is 9.97 Å². The highest BCUT2D eigenvalue weighted by Gasteiger charge is 2.19. The van der Waals surface area contributed by atoms with Crippen molar-refractivity contribution in [3.63, 3.8) is 0 Å². The van der Waals surface area contributed by atoms with Crippen LogP contribution in [0.15, 0.2) is 66.3 Å². The summed E-state index contributed by atoms with van der Waals surface area (Å²) in [5.41, 5.74) is 6.71. The number of aryl methyl sites for hydroxylation is 2. The Labute approximate surface area is 207 Å². The fourth-order valence-electron chi connectivity index (χ4n) is 4.29. The number of rotatable bonds is 7. The third-order valence-electron chi connectivity index (χ3n) is 6.10. The van der Waals surface area contributed by atoms with Crippen LogP contribution in [-0.4, -0.2) is 34.0 Å². The molecule has 0 saturated heterocycles. The molecule has 35 heavy (non-hydrogen) atoms. The van der Waals surface area contributed by atoms with Crippen LogP contribution >= 0.6 is 11.3 Å². The molecule has 0 aliphatic heterocycles. The Morgan fingerprint density at radius 1 is 1.00 bits per heavy atom. The Hall–Kier alpha value is -3.97. The van der Waals surface area contributed by atoms with Crippen molar-refractivity contribution in [3.05, 3.63) is 88.8 Å². The lowest BCUT2D eigenvalue weighted by Crippen LogP contribution is -2.13. The predicted molar refractivity (Wildman–Crippen MR) is 139 cm³/mol. The lowest BCUT2D eigenvalue weighted by molar-refractivity contribution is 0.0918. The minimum atomic E-state index is -0.109. The van der Waals surface area contributed by atoms with Gasteiger partial charge < -0.3 is 14.0 Å². The molecule has 5 rings (SSSR count). The van der Waals surface area contributed by atoms with Crippen molar-refractivity contribution in [3.8, 4) is 28.4 Å². The average Bonchev–Trinajstić information content (AvgIpc) is 3.44. The van der Waals surface area contributed by atoms with E-state index in [2.05, 4.69) is 51.1 Å². The first-order chi connectivity index (χ1) is 17.0. The topological polar surface area (TPSA) is 66.2 Å². The van der Waals surface area contributed by atoms with Gasteiger partial charge >= 0.3 is 0 Å². The number of Topliss-reactive ketones (excluding diaryl/α,β-unsaturated/α-hetero) is 1. The molecule has 0 radical (unpaired) electrons. The molecule has 0 bridgehead atoms. The molecule has 176 valence electrons. The number of benzene rings is 2. The molecule has 0 atom stereocenters. The van der Waals surface area contributed by atoms with E-state index in [0.717, 1.165) is 44.2 Å². The maximum absolute atomic E-state index is 13.2. The summed E-state index contributed by atoms with van der Waals surface area (Å²) in [6, 6.07) is 18.0. The molecular formula is C28H25N3O3S. The lowest BCUT2D eigenvalue weighted by atomic mass is 10.0. The molecule has 2 aromatic carbocycles. The minimum absolute atomic E-state index is 0.100. The van der Waals surface area contributed by atoms with E-state index < -0.39 is 0 Å². The van der Waals surface area contributed by atoms with Crippen LogP contribution in [0.4, 0.5) is 0 Å². The van der Waals surface area contributed by atoms with Crippen LogP contribution in [0.25, 0.3) is 27.0 Å². The van der Waals surface area contributed by atoms with Crippen molar-refractivity contribution in [1.82, 2.24) is 14.5 Å². The van der Waals surface area contributed by atoms with Gasteiger partial charge in [-0.05, 0) is 56.7 Å². The Bertz CT molecular complexity index is 1520. The monoisotopic (exact) mass is 483 g/mol. The van der Waals surface area contributed by atoms with Crippen LogP contribution in [0.5, 0.6) is 11.6 Å². The second kappa shape index (κ2) is 9.35. The van der Waals surface area contributed by atoms with Gasteiger partial charge in [0.25, 0.3) is 0 Å². The molecule has 6 nitrogen and oxygen atoms in total. The second-order valence-corrected chi connectivity index (χ2v) is 9.26. The number of hydrogen-bond donors (Lipinski definition) is 0. The number of ether oxygens (including phenoxy) is 2. The normalized spacial score (nSPS) is 11.1.